The summed E-state index contributed by atoms with van der Waals surface area (Å²) in [7, 11) is 0. The van der Waals surface area contributed by atoms with Gasteiger partial charge in [0.2, 0.25) is 0 Å². The van der Waals surface area contributed by atoms with E-state index in [0.29, 0.717) is 6.54 Å². The molecule has 0 aromatic carbocycles. The van der Waals surface area contributed by atoms with Crippen molar-refractivity contribution in [3.63, 3.8) is 0 Å². The lowest BCUT2D eigenvalue weighted by Crippen LogP contribution is -2.38. The van der Waals surface area contributed by atoms with E-state index in [-0.39, 0.29) is 0 Å². The molecule has 1 aromatic rings. The summed E-state index contributed by atoms with van der Waals surface area (Å²) >= 11 is 0. The normalized spacial score (nSPS) is 11.4. The van der Waals surface area contributed by atoms with Crippen LogP contribution in [0, 0.1) is 0 Å². The van der Waals surface area contributed by atoms with Crippen LogP contribution in [0.5, 0.6) is 0 Å². The van der Waals surface area contributed by atoms with Crippen LogP contribution >= 0.6 is 0 Å². The number of aromatic nitrogens is 1. The van der Waals surface area contributed by atoms with Crippen molar-refractivity contribution in [1.29, 1.82) is 0 Å². The fraction of sp³-hybridized carbons (Fsp3) is 0.667. The summed E-state index contributed by atoms with van der Waals surface area (Å²) in [5.74, 6) is 1.86. The van der Waals surface area contributed by atoms with Crippen molar-refractivity contribution >= 4 is 11.8 Å². The maximum absolute atomic E-state index is 5.34. The number of hydrogen-bond donors (Lipinski definition) is 2. The van der Waals surface area contributed by atoms with Crippen molar-refractivity contribution in [3.8, 4) is 0 Å². The second-order valence-electron chi connectivity index (χ2n) is 5.37. The summed E-state index contributed by atoms with van der Waals surface area (Å²) in [5.41, 5.74) is 1.11. The Kier molecular flexibility index (Phi) is 10.6. The van der Waals surface area contributed by atoms with Crippen molar-refractivity contribution < 1.29 is 4.74 Å². The van der Waals surface area contributed by atoms with Crippen molar-refractivity contribution in [3.05, 3.63) is 23.9 Å². The maximum Gasteiger partial charge on any atom is 0.191 e. The molecule has 1 rings (SSSR count). The van der Waals surface area contributed by atoms with E-state index >= 15 is 0 Å². The van der Waals surface area contributed by atoms with Crippen molar-refractivity contribution in [2.45, 2.75) is 40.7 Å². The lowest BCUT2D eigenvalue weighted by Gasteiger charge is -2.19. The average Bonchev–Trinajstić information content (AvgIpc) is 2.61. The highest BCUT2D eigenvalue weighted by Gasteiger charge is 2.03. The molecule has 0 aliphatic heterocycles. The summed E-state index contributed by atoms with van der Waals surface area (Å²) in [6, 6.07) is 4.17. The summed E-state index contributed by atoms with van der Waals surface area (Å²) in [6.07, 6.45) is 2.88. The quantitative estimate of drug-likeness (QED) is 0.369. The molecule has 0 bridgehead atoms. The standard InChI is InChI=1S/C18H33N5O/c1-5-19-18(20-12-9-13-24-8-4)22-15-16-10-11-17(21-14-16)23(6-2)7-3/h10-11,14H,5-9,12-13,15H2,1-4H3,(H2,19,20,22). The van der Waals surface area contributed by atoms with Gasteiger partial charge in [-0.25, -0.2) is 9.98 Å². The van der Waals surface area contributed by atoms with Crippen LogP contribution in [0.15, 0.2) is 23.3 Å². The average molecular weight is 335 g/mol. The molecule has 0 amide bonds. The van der Waals surface area contributed by atoms with Crippen LogP contribution in [-0.4, -0.2) is 50.3 Å². The molecule has 2 N–H and O–H groups in total. The molecule has 0 aliphatic rings. The predicted molar refractivity (Wildman–Crippen MR) is 102 cm³/mol. The van der Waals surface area contributed by atoms with Gasteiger partial charge in [0.05, 0.1) is 6.54 Å². The molecule has 0 saturated heterocycles. The number of anilines is 1. The minimum Gasteiger partial charge on any atom is -0.382 e. The number of rotatable bonds is 11. The lowest BCUT2D eigenvalue weighted by molar-refractivity contribution is 0.145. The van der Waals surface area contributed by atoms with E-state index < -0.39 is 0 Å². The number of ether oxygens (including phenoxy) is 1. The van der Waals surface area contributed by atoms with Gasteiger partial charge < -0.3 is 20.3 Å². The van der Waals surface area contributed by atoms with E-state index in [4.69, 9.17) is 4.74 Å². The first-order chi connectivity index (χ1) is 11.7. The monoisotopic (exact) mass is 335 g/mol. The Labute approximate surface area is 146 Å². The molecule has 0 aliphatic carbocycles. The highest BCUT2D eigenvalue weighted by molar-refractivity contribution is 5.79. The van der Waals surface area contributed by atoms with Gasteiger partial charge in [0.25, 0.3) is 0 Å². The Morgan fingerprint density at radius 1 is 1.17 bits per heavy atom. The van der Waals surface area contributed by atoms with E-state index in [9.17, 15) is 0 Å². The van der Waals surface area contributed by atoms with E-state index in [1.807, 2.05) is 13.1 Å². The minimum atomic E-state index is 0.617. The molecule has 0 saturated carbocycles. The van der Waals surface area contributed by atoms with E-state index in [0.717, 1.165) is 63.2 Å². The van der Waals surface area contributed by atoms with Gasteiger partial charge in [-0.1, -0.05) is 6.07 Å². The molecule has 6 nitrogen and oxygen atoms in total. The van der Waals surface area contributed by atoms with Crippen LogP contribution < -0.4 is 15.5 Å². The maximum atomic E-state index is 5.34. The number of hydrogen-bond acceptors (Lipinski definition) is 4. The van der Waals surface area contributed by atoms with Crippen LogP contribution in [0.1, 0.15) is 39.7 Å². The van der Waals surface area contributed by atoms with Gasteiger partial charge in [0.15, 0.2) is 5.96 Å². The number of nitrogens with one attached hydrogen (secondary N) is 2. The minimum absolute atomic E-state index is 0.617. The number of pyridine rings is 1. The first-order valence-electron chi connectivity index (χ1n) is 9.04. The Hall–Kier alpha value is -1.82. The van der Waals surface area contributed by atoms with Gasteiger partial charge in [-0.05, 0) is 45.7 Å². The molecular formula is C18H33N5O. The van der Waals surface area contributed by atoms with E-state index in [1.165, 1.54) is 0 Å². The number of guanidine groups is 1. The largest absolute Gasteiger partial charge is 0.382 e. The Balaban J connectivity index is 2.52. The first-order valence-corrected chi connectivity index (χ1v) is 9.04. The van der Waals surface area contributed by atoms with Crippen molar-refractivity contribution in [2.75, 3.05) is 44.3 Å². The molecule has 1 aromatic heterocycles. The lowest BCUT2D eigenvalue weighted by atomic mass is 10.3. The molecule has 136 valence electrons. The van der Waals surface area contributed by atoms with Gasteiger partial charge in [-0.15, -0.1) is 0 Å². The Morgan fingerprint density at radius 2 is 1.96 bits per heavy atom. The molecule has 0 unspecified atom stereocenters. The fourth-order valence-corrected chi connectivity index (χ4v) is 2.28. The highest BCUT2D eigenvalue weighted by atomic mass is 16.5. The third-order valence-electron chi connectivity index (χ3n) is 3.62. The van der Waals surface area contributed by atoms with Crippen LogP contribution in [0.3, 0.4) is 0 Å². The third-order valence-corrected chi connectivity index (χ3v) is 3.62. The van der Waals surface area contributed by atoms with Crippen molar-refractivity contribution in [1.82, 2.24) is 15.6 Å². The topological polar surface area (TPSA) is 61.8 Å². The van der Waals surface area contributed by atoms with Gasteiger partial charge in [-0.3, -0.25) is 0 Å². The zero-order valence-corrected chi connectivity index (χ0v) is 15.6. The molecule has 0 radical (unpaired) electrons. The molecule has 6 heteroatoms. The van der Waals surface area contributed by atoms with Crippen molar-refractivity contribution in [2.24, 2.45) is 4.99 Å². The summed E-state index contributed by atoms with van der Waals surface area (Å²) < 4.78 is 5.34. The van der Waals surface area contributed by atoms with Gasteiger partial charge in [-0.2, -0.15) is 0 Å². The summed E-state index contributed by atoms with van der Waals surface area (Å²) in [5, 5.41) is 6.59. The predicted octanol–water partition coefficient (Wildman–Crippen LogP) is 2.41. The smallest absolute Gasteiger partial charge is 0.191 e. The van der Waals surface area contributed by atoms with Crippen LogP contribution in [-0.2, 0) is 11.3 Å². The van der Waals surface area contributed by atoms with Crippen LogP contribution in [0.2, 0.25) is 0 Å². The Bertz CT molecular complexity index is 457. The molecule has 0 atom stereocenters. The first kappa shape index (κ1) is 20.2. The SMILES string of the molecule is CCNC(=NCc1ccc(N(CC)CC)nc1)NCCCOCC. The number of aliphatic imine (C=N–C) groups is 1. The molecule has 0 spiro atoms. The zero-order valence-electron chi connectivity index (χ0n) is 15.6. The fourth-order valence-electron chi connectivity index (χ4n) is 2.28. The highest BCUT2D eigenvalue weighted by Crippen LogP contribution is 2.11. The van der Waals surface area contributed by atoms with Crippen LogP contribution in [0.4, 0.5) is 5.82 Å². The molecule has 1 heterocycles. The van der Waals surface area contributed by atoms with Gasteiger partial charge in [0, 0.05) is 45.6 Å². The second kappa shape index (κ2) is 12.6. The number of nitrogens with zero attached hydrogens (tertiary/aromatic N) is 3. The molecular weight excluding hydrogens is 302 g/mol. The van der Waals surface area contributed by atoms with E-state index in [1.54, 1.807) is 0 Å². The summed E-state index contributed by atoms with van der Waals surface area (Å²) in [4.78, 5) is 11.4. The van der Waals surface area contributed by atoms with Crippen LogP contribution in [0.25, 0.3) is 0 Å². The Morgan fingerprint density at radius 3 is 2.54 bits per heavy atom. The third kappa shape index (κ3) is 7.64. The van der Waals surface area contributed by atoms with Gasteiger partial charge >= 0.3 is 0 Å². The van der Waals surface area contributed by atoms with Gasteiger partial charge in [0.1, 0.15) is 5.82 Å². The molecule has 0 fully saturated rings. The summed E-state index contributed by atoms with van der Waals surface area (Å²) in [6.45, 7) is 14.2. The molecule has 24 heavy (non-hydrogen) atoms. The zero-order chi connectivity index (χ0) is 17.6. The second-order valence-corrected chi connectivity index (χ2v) is 5.37. The van der Waals surface area contributed by atoms with E-state index in [2.05, 4.69) is 58.4 Å².